The molecule has 3 saturated carbocycles. The molecule has 4 rings (SSSR count). The van der Waals surface area contributed by atoms with E-state index >= 15 is 4.39 Å². The Bertz CT molecular complexity index is 1120. The zero-order valence-corrected chi connectivity index (χ0v) is 30.0. The lowest BCUT2D eigenvalue weighted by atomic mass is 9.44. The van der Waals surface area contributed by atoms with E-state index in [0.29, 0.717) is 19.3 Å². The summed E-state index contributed by atoms with van der Waals surface area (Å²) in [5.41, 5.74) is -3.40. The summed E-state index contributed by atoms with van der Waals surface area (Å²) in [6.45, 7) is 25.4. The standard InChI is InChI=1S/C31H53FO5Si3/c1-21-17-25-24-14-13-22-18-23(33)15-16-28(22,2)30(24,32)27(36-39(7,8)9)19-29(25,3)31(21,37-40(10,11)12)26(34)20-35-38(4,5)6/h15-16,18,21,24-25,27H,13-14,17,19-20H2,1-12H3/t21-,24?,25?,27?,28?,29?,30+,31+/m1/s1. The summed E-state index contributed by atoms with van der Waals surface area (Å²) < 4.78 is 38.7. The Morgan fingerprint density at radius 1 is 1.00 bits per heavy atom. The Morgan fingerprint density at radius 3 is 2.17 bits per heavy atom. The molecule has 5 unspecified atom stereocenters. The summed E-state index contributed by atoms with van der Waals surface area (Å²) in [5, 5.41) is 0. The Kier molecular flexibility index (Phi) is 7.98. The molecule has 9 heteroatoms. The summed E-state index contributed by atoms with van der Waals surface area (Å²) in [6.07, 6.45) is 6.76. The van der Waals surface area contributed by atoms with Gasteiger partial charge in [0.2, 0.25) is 0 Å². The topological polar surface area (TPSA) is 61.8 Å². The van der Waals surface area contributed by atoms with Gasteiger partial charge in [-0.15, -0.1) is 0 Å². The van der Waals surface area contributed by atoms with Crippen molar-refractivity contribution in [2.45, 2.75) is 123 Å². The molecule has 0 spiro atoms. The van der Waals surface area contributed by atoms with Gasteiger partial charge in [-0.1, -0.05) is 25.5 Å². The summed E-state index contributed by atoms with van der Waals surface area (Å²) in [7, 11) is -6.40. The van der Waals surface area contributed by atoms with Gasteiger partial charge in [0.05, 0.1) is 12.7 Å². The van der Waals surface area contributed by atoms with Crippen molar-refractivity contribution < 1.29 is 27.3 Å². The molecule has 8 atom stereocenters. The summed E-state index contributed by atoms with van der Waals surface area (Å²) >= 11 is 0. The minimum Gasteiger partial charge on any atom is -0.411 e. The fraction of sp³-hybridized carbons (Fsp3) is 0.806. The van der Waals surface area contributed by atoms with E-state index in [1.165, 1.54) is 0 Å². The third-order valence-corrected chi connectivity index (χ3v) is 13.1. The summed E-state index contributed by atoms with van der Waals surface area (Å²) in [5.74, 6) is -0.491. The van der Waals surface area contributed by atoms with Crippen molar-refractivity contribution in [2.24, 2.45) is 28.6 Å². The van der Waals surface area contributed by atoms with Gasteiger partial charge in [0.1, 0.15) is 5.60 Å². The van der Waals surface area contributed by atoms with Crippen molar-refractivity contribution in [2.75, 3.05) is 6.61 Å². The van der Waals surface area contributed by atoms with Crippen molar-refractivity contribution >= 4 is 36.5 Å². The van der Waals surface area contributed by atoms with Gasteiger partial charge in [0, 0.05) is 16.7 Å². The first-order valence-corrected chi connectivity index (χ1v) is 25.4. The zero-order chi connectivity index (χ0) is 30.3. The molecule has 0 amide bonds. The van der Waals surface area contributed by atoms with Gasteiger partial charge >= 0.3 is 0 Å². The molecule has 0 radical (unpaired) electrons. The van der Waals surface area contributed by atoms with E-state index in [0.717, 1.165) is 12.0 Å². The molecule has 0 aliphatic heterocycles. The average molecular weight is 609 g/mol. The third-order valence-electron chi connectivity index (χ3n) is 10.2. The molecule has 5 nitrogen and oxygen atoms in total. The van der Waals surface area contributed by atoms with Crippen LogP contribution in [0.25, 0.3) is 0 Å². The van der Waals surface area contributed by atoms with Gasteiger partial charge in [-0.2, -0.15) is 0 Å². The zero-order valence-electron chi connectivity index (χ0n) is 27.0. The highest BCUT2D eigenvalue weighted by Crippen LogP contribution is 2.72. The SMILES string of the molecule is C[C@@H]1CC2C3CCC4=CC(=O)C=CC4(C)[C@@]3(F)C(O[Si](C)(C)C)CC2(C)[C@@]1(O[Si](C)(C)C)C(=O)CO[Si](C)(C)C. The van der Waals surface area contributed by atoms with Crippen molar-refractivity contribution in [3.8, 4) is 0 Å². The molecule has 40 heavy (non-hydrogen) atoms. The number of ketones is 2. The fourth-order valence-corrected chi connectivity index (χ4v) is 12.0. The second kappa shape index (κ2) is 9.91. The van der Waals surface area contributed by atoms with Gasteiger partial charge in [-0.3, -0.25) is 9.59 Å². The van der Waals surface area contributed by atoms with E-state index in [1.54, 1.807) is 12.2 Å². The van der Waals surface area contributed by atoms with Crippen molar-refractivity contribution in [1.82, 2.24) is 0 Å². The molecule has 0 heterocycles. The number of rotatable bonds is 8. The first-order valence-electron chi connectivity index (χ1n) is 15.2. The minimum absolute atomic E-state index is 0.0127. The maximum absolute atomic E-state index is 18.4. The van der Waals surface area contributed by atoms with Crippen LogP contribution in [0.1, 0.15) is 46.5 Å². The predicted octanol–water partition coefficient (Wildman–Crippen LogP) is 7.47. The quantitative estimate of drug-likeness (QED) is 0.268. The highest BCUT2D eigenvalue weighted by Gasteiger charge is 2.77. The average Bonchev–Trinajstić information content (AvgIpc) is 2.98. The van der Waals surface area contributed by atoms with Crippen LogP contribution in [-0.2, 0) is 22.9 Å². The molecule has 0 bridgehead atoms. The van der Waals surface area contributed by atoms with Gasteiger partial charge in [-0.25, -0.2) is 4.39 Å². The van der Waals surface area contributed by atoms with Crippen LogP contribution in [-0.4, -0.2) is 60.5 Å². The third kappa shape index (κ3) is 5.08. The van der Waals surface area contributed by atoms with E-state index in [9.17, 15) is 9.59 Å². The first kappa shape index (κ1) is 32.2. The molecule has 0 aromatic carbocycles. The molecule has 0 aromatic heterocycles. The second-order valence-electron chi connectivity index (χ2n) is 16.4. The maximum atomic E-state index is 18.4. The van der Waals surface area contributed by atoms with E-state index in [1.807, 2.05) is 13.0 Å². The molecule has 4 aliphatic carbocycles. The normalized spacial score (nSPS) is 41.7. The number of Topliss-reactive ketones (excluding diaryl/α,β-unsaturated/α-hetero) is 1. The second-order valence-corrected chi connectivity index (χ2v) is 29.8. The number of allylic oxidation sites excluding steroid dienone is 4. The van der Waals surface area contributed by atoms with Crippen LogP contribution in [0.4, 0.5) is 4.39 Å². The number of carbonyl (C=O) groups is 2. The number of hydrogen-bond donors (Lipinski definition) is 0. The molecule has 226 valence electrons. The molecular weight excluding hydrogens is 556 g/mol. The molecule has 0 aromatic rings. The molecule has 4 aliphatic rings. The van der Waals surface area contributed by atoms with Crippen LogP contribution in [0.15, 0.2) is 23.8 Å². The van der Waals surface area contributed by atoms with Gasteiger partial charge in [-0.05, 0) is 116 Å². The van der Waals surface area contributed by atoms with E-state index in [-0.39, 0.29) is 35.9 Å². The Morgan fingerprint density at radius 2 is 1.62 bits per heavy atom. The van der Waals surface area contributed by atoms with E-state index < -0.39 is 53.2 Å². The predicted molar refractivity (Wildman–Crippen MR) is 167 cm³/mol. The summed E-state index contributed by atoms with van der Waals surface area (Å²) in [4.78, 5) is 26.9. The number of carbonyl (C=O) groups excluding carboxylic acids is 2. The largest absolute Gasteiger partial charge is 0.411 e. The Hall–Kier alpha value is -0.719. The molecule has 0 N–H and O–H groups in total. The number of alkyl halides is 1. The van der Waals surface area contributed by atoms with Gasteiger partial charge in [0.25, 0.3) is 0 Å². The number of halogens is 1. The van der Waals surface area contributed by atoms with Crippen molar-refractivity contribution in [3.05, 3.63) is 23.8 Å². The number of hydrogen-bond acceptors (Lipinski definition) is 5. The van der Waals surface area contributed by atoms with Crippen LogP contribution in [0.2, 0.25) is 58.9 Å². The molecular formula is C31H53FO5Si3. The van der Waals surface area contributed by atoms with E-state index in [2.05, 4.69) is 72.8 Å². The van der Waals surface area contributed by atoms with Crippen molar-refractivity contribution in [3.63, 3.8) is 0 Å². The van der Waals surface area contributed by atoms with Crippen LogP contribution in [0.5, 0.6) is 0 Å². The minimum atomic E-state index is -2.23. The summed E-state index contributed by atoms with van der Waals surface area (Å²) in [6, 6.07) is 0. The van der Waals surface area contributed by atoms with Crippen molar-refractivity contribution in [1.29, 1.82) is 0 Å². The van der Waals surface area contributed by atoms with E-state index in [4.69, 9.17) is 13.3 Å². The monoisotopic (exact) mass is 608 g/mol. The smallest absolute Gasteiger partial charge is 0.188 e. The molecule has 3 fully saturated rings. The Balaban J connectivity index is 1.91. The highest BCUT2D eigenvalue weighted by molar-refractivity contribution is 6.70. The lowest BCUT2D eigenvalue weighted by molar-refractivity contribution is -0.212. The van der Waals surface area contributed by atoms with Crippen LogP contribution < -0.4 is 0 Å². The maximum Gasteiger partial charge on any atom is 0.188 e. The lowest BCUT2D eigenvalue weighted by Crippen LogP contribution is -2.72. The first-order chi connectivity index (χ1) is 18.0. The molecule has 0 saturated heterocycles. The fourth-order valence-electron chi connectivity index (χ4n) is 8.79. The van der Waals surface area contributed by atoms with Crippen LogP contribution in [0.3, 0.4) is 0 Å². The highest BCUT2D eigenvalue weighted by atomic mass is 28.4. The van der Waals surface area contributed by atoms with Gasteiger partial charge in [0.15, 0.2) is 42.2 Å². The van der Waals surface area contributed by atoms with Crippen LogP contribution in [0, 0.1) is 28.6 Å². The Labute approximate surface area is 245 Å². The lowest BCUT2D eigenvalue weighted by Gasteiger charge is -2.65. The van der Waals surface area contributed by atoms with Gasteiger partial charge < -0.3 is 13.3 Å². The number of fused-ring (bicyclic) bond motifs is 5. The van der Waals surface area contributed by atoms with Crippen LogP contribution >= 0.6 is 0 Å².